The lowest BCUT2D eigenvalue weighted by atomic mass is 10.1. The monoisotopic (exact) mass is 262 g/mol. The van der Waals surface area contributed by atoms with E-state index in [2.05, 4.69) is 10.2 Å². The lowest BCUT2D eigenvalue weighted by Gasteiger charge is -2.24. The van der Waals surface area contributed by atoms with Gasteiger partial charge in [0.25, 0.3) is 6.43 Å². The molecule has 0 saturated carbocycles. The summed E-state index contributed by atoms with van der Waals surface area (Å²) >= 11 is 0. The van der Waals surface area contributed by atoms with Crippen molar-refractivity contribution in [3.63, 3.8) is 0 Å². The van der Waals surface area contributed by atoms with Gasteiger partial charge in [-0.15, -0.1) is 10.2 Å². The maximum Gasteiger partial charge on any atom is 0.261 e. The van der Waals surface area contributed by atoms with Gasteiger partial charge >= 0.3 is 0 Å². The number of aromatic nitrogens is 3. The average molecular weight is 262 g/mol. The molecule has 0 unspecified atom stereocenters. The summed E-state index contributed by atoms with van der Waals surface area (Å²) in [4.78, 5) is 0. The maximum atomic E-state index is 11.9. The van der Waals surface area contributed by atoms with E-state index in [0.29, 0.717) is 24.6 Å². The van der Waals surface area contributed by atoms with Crippen LogP contribution in [-0.4, -0.2) is 34.4 Å². The molecule has 1 aromatic rings. The molecule has 1 heterocycles. The number of alkyl halides is 2. The van der Waals surface area contributed by atoms with Gasteiger partial charge in [-0.25, -0.2) is 8.78 Å². The zero-order valence-corrected chi connectivity index (χ0v) is 11.0. The smallest absolute Gasteiger partial charge is 0.261 e. The van der Waals surface area contributed by atoms with Crippen LogP contribution in [0.25, 0.3) is 0 Å². The molecule has 0 amide bonds. The van der Waals surface area contributed by atoms with Crippen LogP contribution in [-0.2, 0) is 23.2 Å². The van der Waals surface area contributed by atoms with Crippen LogP contribution in [0.5, 0.6) is 0 Å². The molecule has 7 heteroatoms. The van der Waals surface area contributed by atoms with Crippen LogP contribution in [0.1, 0.15) is 32.4 Å². The first-order chi connectivity index (χ1) is 8.36. The zero-order valence-electron chi connectivity index (χ0n) is 11.0. The van der Waals surface area contributed by atoms with Gasteiger partial charge in [0.2, 0.25) is 0 Å². The first kappa shape index (κ1) is 15.0. The summed E-state index contributed by atoms with van der Waals surface area (Å²) in [5, 5.41) is 8.03. The van der Waals surface area contributed by atoms with E-state index in [0.717, 1.165) is 0 Å². The molecular formula is C11H20F2N4O. The molecule has 0 aliphatic heterocycles. The Labute approximate surface area is 105 Å². The maximum absolute atomic E-state index is 11.9. The highest BCUT2D eigenvalue weighted by Crippen LogP contribution is 2.18. The third-order valence-electron chi connectivity index (χ3n) is 2.36. The molecule has 0 bridgehead atoms. The minimum Gasteiger partial charge on any atom is -0.375 e. The predicted molar refractivity (Wildman–Crippen MR) is 63.4 cm³/mol. The molecule has 0 fully saturated rings. The Morgan fingerprint density at radius 2 is 1.89 bits per heavy atom. The van der Waals surface area contributed by atoms with E-state index >= 15 is 0 Å². The molecule has 0 aliphatic carbocycles. The zero-order chi connectivity index (χ0) is 13.8. The number of hydrogen-bond acceptors (Lipinski definition) is 4. The fraction of sp³-hybridized carbons (Fsp3) is 0.818. The van der Waals surface area contributed by atoms with Crippen molar-refractivity contribution in [1.29, 1.82) is 0 Å². The summed E-state index contributed by atoms with van der Waals surface area (Å²) < 4.78 is 30.6. The van der Waals surface area contributed by atoms with E-state index in [1.807, 2.05) is 25.3 Å². The highest BCUT2D eigenvalue weighted by Gasteiger charge is 2.21. The molecule has 5 nitrogen and oxygen atoms in total. The number of hydrogen-bond donors (Lipinski definition) is 1. The largest absolute Gasteiger partial charge is 0.375 e. The van der Waals surface area contributed by atoms with Gasteiger partial charge in [-0.3, -0.25) is 0 Å². The topological polar surface area (TPSA) is 66.0 Å². The van der Waals surface area contributed by atoms with E-state index in [4.69, 9.17) is 10.5 Å². The Balaban J connectivity index is 2.68. The quantitative estimate of drug-likeness (QED) is 0.785. The lowest BCUT2D eigenvalue weighted by molar-refractivity contribution is 0.0179. The second kappa shape index (κ2) is 6.19. The van der Waals surface area contributed by atoms with Gasteiger partial charge in [0.1, 0.15) is 18.3 Å². The van der Waals surface area contributed by atoms with Gasteiger partial charge < -0.3 is 15.0 Å². The van der Waals surface area contributed by atoms with Gasteiger partial charge in [0, 0.05) is 12.0 Å². The molecular weight excluding hydrogens is 242 g/mol. The molecule has 2 N–H and O–H groups in total. The summed E-state index contributed by atoms with van der Waals surface area (Å²) in [5.74, 6) is 1.39. The molecule has 1 rings (SSSR count). The standard InChI is InChI=1S/C11H20F2N4O/c1-11(2,3)17-9(15-16-10(17)6-14)4-5-18-7-8(12)13/h8H,4-7,14H2,1-3H3. The van der Waals surface area contributed by atoms with E-state index in [9.17, 15) is 8.78 Å². The molecule has 104 valence electrons. The molecule has 0 aromatic carbocycles. The van der Waals surface area contributed by atoms with Gasteiger partial charge in [-0.05, 0) is 20.8 Å². The van der Waals surface area contributed by atoms with Crippen LogP contribution < -0.4 is 5.73 Å². The van der Waals surface area contributed by atoms with Crippen LogP contribution in [0.15, 0.2) is 0 Å². The number of rotatable bonds is 6. The van der Waals surface area contributed by atoms with Crippen molar-refractivity contribution < 1.29 is 13.5 Å². The van der Waals surface area contributed by atoms with Gasteiger partial charge in [-0.1, -0.05) is 0 Å². The van der Waals surface area contributed by atoms with Crippen molar-refractivity contribution in [2.75, 3.05) is 13.2 Å². The predicted octanol–water partition coefficient (Wildman–Crippen LogP) is 1.32. The van der Waals surface area contributed by atoms with Crippen molar-refractivity contribution in [2.45, 2.75) is 45.7 Å². The molecule has 18 heavy (non-hydrogen) atoms. The average Bonchev–Trinajstić information content (AvgIpc) is 2.66. The second-order valence-corrected chi connectivity index (χ2v) is 4.96. The Kier molecular flexibility index (Phi) is 5.15. The van der Waals surface area contributed by atoms with E-state index in [1.165, 1.54) is 0 Å². The number of ether oxygens (including phenoxy) is 1. The summed E-state index contributed by atoms with van der Waals surface area (Å²) in [6, 6.07) is 0. The van der Waals surface area contributed by atoms with Gasteiger partial charge in [0.15, 0.2) is 0 Å². The highest BCUT2D eigenvalue weighted by molar-refractivity contribution is 5.01. The van der Waals surface area contributed by atoms with Gasteiger partial charge in [0.05, 0.1) is 13.2 Å². The lowest BCUT2D eigenvalue weighted by Crippen LogP contribution is -2.28. The van der Waals surface area contributed by atoms with Crippen LogP contribution in [0.4, 0.5) is 8.78 Å². The van der Waals surface area contributed by atoms with Crippen LogP contribution in [0.3, 0.4) is 0 Å². The van der Waals surface area contributed by atoms with Crippen LogP contribution in [0, 0.1) is 0 Å². The second-order valence-electron chi connectivity index (χ2n) is 4.96. The Morgan fingerprint density at radius 3 is 2.39 bits per heavy atom. The minimum absolute atomic E-state index is 0.198. The van der Waals surface area contributed by atoms with Crippen molar-refractivity contribution in [3.05, 3.63) is 11.6 Å². The fourth-order valence-electron chi connectivity index (χ4n) is 1.76. The minimum atomic E-state index is -2.44. The fourth-order valence-corrected chi connectivity index (χ4v) is 1.76. The third-order valence-corrected chi connectivity index (χ3v) is 2.36. The third kappa shape index (κ3) is 3.99. The summed E-state index contributed by atoms with van der Waals surface area (Å²) in [6.07, 6.45) is -2.00. The van der Waals surface area contributed by atoms with Crippen molar-refractivity contribution >= 4 is 0 Å². The molecule has 0 spiro atoms. The van der Waals surface area contributed by atoms with Crippen LogP contribution >= 0.6 is 0 Å². The normalized spacial score (nSPS) is 12.4. The van der Waals surface area contributed by atoms with Crippen LogP contribution in [0.2, 0.25) is 0 Å². The highest BCUT2D eigenvalue weighted by atomic mass is 19.3. The van der Waals surface area contributed by atoms with Crippen molar-refractivity contribution in [2.24, 2.45) is 5.73 Å². The Morgan fingerprint density at radius 1 is 1.28 bits per heavy atom. The Bertz CT molecular complexity index is 374. The van der Waals surface area contributed by atoms with Gasteiger partial charge in [-0.2, -0.15) is 0 Å². The summed E-state index contributed by atoms with van der Waals surface area (Å²) in [6.45, 7) is 5.98. The first-order valence-electron chi connectivity index (χ1n) is 5.86. The number of nitrogens with zero attached hydrogens (tertiary/aromatic N) is 3. The van der Waals surface area contributed by atoms with E-state index in [-0.39, 0.29) is 12.1 Å². The molecule has 0 aliphatic rings. The molecule has 0 atom stereocenters. The molecule has 0 saturated heterocycles. The Hall–Kier alpha value is -1.08. The first-order valence-corrected chi connectivity index (χ1v) is 5.86. The van der Waals surface area contributed by atoms with E-state index in [1.54, 1.807) is 0 Å². The summed E-state index contributed by atoms with van der Waals surface area (Å²) in [7, 11) is 0. The van der Waals surface area contributed by atoms with E-state index < -0.39 is 13.0 Å². The van der Waals surface area contributed by atoms with Crippen molar-refractivity contribution in [3.8, 4) is 0 Å². The molecule has 1 aromatic heterocycles. The molecule has 0 radical (unpaired) electrons. The number of nitrogens with two attached hydrogens (primary N) is 1. The van der Waals surface area contributed by atoms with Crippen molar-refractivity contribution in [1.82, 2.24) is 14.8 Å². The SMILES string of the molecule is CC(C)(C)n1c(CN)nnc1CCOCC(F)F. The summed E-state index contributed by atoms with van der Waals surface area (Å²) in [5.41, 5.74) is 5.40. The number of halogens is 2.